The van der Waals surface area contributed by atoms with E-state index in [9.17, 15) is 18.0 Å². The molecule has 252 valence electrons. The number of hydrogen-bond donors (Lipinski definition) is 1. The number of amides is 1. The van der Waals surface area contributed by atoms with Crippen LogP contribution in [0.4, 0.5) is 0 Å². The van der Waals surface area contributed by atoms with Crippen LogP contribution in [0.3, 0.4) is 0 Å². The van der Waals surface area contributed by atoms with Crippen LogP contribution in [-0.4, -0.2) is 26.9 Å². The first-order valence-electron chi connectivity index (χ1n) is 16.6. The van der Waals surface area contributed by atoms with Gasteiger partial charge in [0, 0.05) is 6.42 Å². The van der Waals surface area contributed by atoms with E-state index in [-0.39, 0.29) is 66.0 Å². The fourth-order valence-corrected chi connectivity index (χ4v) is 6.91. The molecular weight excluding hydrogens is 586 g/mol. The minimum absolute atomic E-state index is 0.0778. The second-order valence-corrected chi connectivity index (χ2v) is 15.2. The van der Waals surface area contributed by atoms with Crippen molar-refractivity contribution >= 4 is 22.2 Å². The molecule has 0 aliphatic carbocycles. The Hall–Kier alpha value is -2.87. The summed E-state index contributed by atoms with van der Waals surface area (Å²) in [5.74, 6) is -0.0115. The molecule has 45 heavy (non-hydrogen) atoms. The number of benzene rings is 2. The van der Waals surface area contributed by atoms with Crippen molar-refractivity contribution in [1.82, 2.24) is 4.72 Å². The molecule has 0 radical (unpaired) electrons. The molecule has 0 saturated carbocycles. The molecular formula is C37H57NO6S. The first-order valence-corrected chi connectivity index (χ1v) is 18.0. The summed E-state index contributed by atoms with van der Waals surface area (Å²) >= 11 is 0. The van der Waals surface area contributed by atoms with Crippen LogP contribution in [0.1, 0.15) is 141 Å². The number of para-hydroxylation sites is 1. The van der Waals surface area contributed by atoms with Crippen LogP contribution >= 0.6 is 0 Å². The molecule has 1 amide bonds. The first-order chi connectivity index (χ1) is 20.9. The van der Waals surface area contributed by atoms with E-state index in [1.165, 1.54) is 5.56 Å². The third-order valence-corrected chi connectivity index (χ3v) is 9.83. The highest BCUT2D eigenvalue weighted by molar-refractivity contribution is 7.85. The molecule has 0 fully saturated rings. The number of rotatable bonds is 16. The van der Waals surface area contributed by atoms with Crippen LogP contribution in [0.2, 0.25) is 0 Å². The molecule has 0 heterocycles. The highest BCUT2D eigenvalue weighted by Gasteiger charge is 2.36. The summed E-state index contributed by atoms with van der Waals surface area (Å²) in [6, 6.07) is 11.3. The minimum Gasteiger partial charge on any atom is -0.466 e. The summed E-state index contributed by atoms with van der Waals surface area (Å²) in [4.78, 5) is 26.0. The van der Waals surface area contributed by atoms with E-state index in [4.69, 9.17) is 8.92 Å². The molecule has 2 rings (SSSR count). The van der Waals surface area contributed by atoms with Gasteiger partial charge in [0.25, 0.3) is 0 Å². The molecule has 0 saturated heterocycles. The average molecular weight is 644 g/mol. The van der Waals surface area contributed by atoms with Crippen molar-refractivity contribution < 1.29 is 26.9 Å². The molecule has 0 aromatic heterocycles. The van der Waals surface area contributed by atoms with Gasteiger partial charge in [0.2, 0.25) is 5.91 Å². The largest absolute Gasteiger partial charge is 0.466 e. The second kappa shape index (κ2) is 16.6. The van der Waals surface area contributed by atoms with Gasteiger partial charge in [-0.2, -0.15) is 8.42 Å². The van der Waals surface area contributed by atoms with Gasteiger partial charge in [0.15, 0.2) is 0 Å². The van der Waals surface area contributed by atoms with Gasteiger partial charge in [-0.25, -0.2) is 4.72 Å². The fourth-order valence-electron chi connectivity index (χ4n) is 6.12. The van der Waals surface area contributed by atoms with Gasteiger partial charge < -0.3 is 8.92 Å². The quantitative estimate of drug-likeness (QED) is 0.184. The molecule has 0 aliphatic rings. The molecule has 0 spiro atoms. The second-order valence-electron chi connectivity index (χ2n) is 14.0. The molecule has 0 bridgehead atoms. The van der Waals surface area contributed by atoms with Crippen LogP contribution in [0, 0.1) is 23.7 Å². The van der Waals surface area contributed by atoms with Crippen LogP contribution in [0.5, 0.6) is 5.75 Å². The molecule has 2 aromatic rings. The summed E-state index contributed by atoms with van der Waals surface area (Å²) in [7, 11) is -4.51. The summed E-state index contributed by atoms with van der Waals surface area (Å²) in [6.45, 7) is 25.2. The Balaban J connectivity index is 2.47. The predicted molar refractivity (Wildman–Crippen MR) is 183 cm³/mol. The van der Waals surface area contributed by atoms with E-state index >= 15 is 0 Å². The summed E-state index contributed by atoms with van der Waals surface area (Å²) in [6.07, 6.45) is 0.128. The van der Waals surface area contributed by atoms with Crippen LogP contribution in [0.15, 0.2) is 36.4 Å². The Morgan fingerprint density at radius 2 is 1.33 bits per heavy atom. The Kier molecular flexibility index (Phi) is 14.2. The van der Waals surface area contributed by atoms with Crippen molar-refractivity contribution in [1.29, 1.82) is 0 Å². The van der Waals surface area contributed by atoms with E-state index < -0.39 is 16.2 Å². The van der Waals surface area contributed by atoms with Crippen molar-refractivity contribution in [2.45, 2.75) is 120 Å². The summed E-state index contributed by atoms with van der Waals surface area (Å²) in [5, 5.41) is 0. The zero-order valence-electron chi connectivity index (χ0n) is 29.6. The van der Waals surface area contributed by atoms with Crippen molar-refractivity contribution in [2.24, 2.45) is 23.7 Å². The van der Waals surface area contributed by atoms with Crippen LogP contribution in [-0.2, 0) is 31.1 Å². The smallest absolute Gasteiger partial charge is 0.409 e. The lowest BCUT2D eigenvalue weighted by atomic mass is 9.68. The van der Waals surface area contributed by atoms with Gasteiger partial charge in [-0.3, -0.25) is 9.59 Å². The lowest BCUT2D eigenvalue weighted by Crippen LogP contribution is -2.36. The van der Waals surface area contributed by atoms with Crippen molar-refractivity contribution in [2.75, 3.05) is 6.61 Å². The molecule has 3 unspecified atom stereocenters. The highest BCUT2D eigenvalue weighted by atomic mass is 32.2. The van der Waals surface area contributed by atoms with E-state index in [0.717, 1.165) is 16.7 Å². The number of hydrogen-bond acceptors (Lipinski definition) is 6. The van der Waals surface area contributed by atoms with Crippen LogP contribution in [0.25, 0.3) is 0 Å². The van der Waals surface area contributed by atoms with Crippen molar-refractivity contribution in [3.05, 3.63) is 64.2 Å². The maximum atomic E-state index is 13.4. The molecule has 3 atom stereocenters. The van der Waals surface area contributed by atoms with Gasteiger partial charge in [0.1, 0.15) is 5.75 Å². The molecule has 0 aliphatic heterocycles. The number of carbonyl (C=O) groups excluding carboxylic acids is 2. The summed E-state index contributed by atoms with van der Waals surface area (Å²) in [5.41, 5.74) is 4.85. The monoisotopic (exact) mass is 643 g/mol. The van der Waals surface area contributed by atoms with E-state index in [2.05, 4.69) is 93.0 Å². The molecule has 8 heteroatoms. The minimum atomic E-state index is -4.51. The maximum Gasteiger partial charge on any atom is 0.409 e. The zero-order valence-corrected chi connectivity index (χ0v) is 30.4. The molecule has 7 nitrogen and oxygen atoms in total. The van der Waals surface area contributed by atoms with Crippen LogP contribution < -0.4 is 8.91 Å². The molecule has 1 N–H and O–H groups in total. The summed E-state index contributed by atoms with van der Waals surface area (Å²) < 4.78 is 39.9. The van der Waals surface area contributed by atoms with E-state index in [1.54, 1.807) is 19.1 Å². The highest BCUT2D eigenvalue weighted by Crippen LogP contribution is 2.45. The zero-order chi connectivity index (χ0) is 34.2. The average Bonchev–Trinajstić information content (AvgIpc) is 2.92. The van der Waals surface area contributed by atoms with Gasteiger partial charge in [-0.15, -0.1) is 0 Å². The normalized spacial score (nSPS) is 14.2. The van der Waals surface area contributed by atoms with Gasteiger partial charge >= 0.3 is 16.3 Å². The Labute approximate surface area is 273 Å². The standard InChI is InChI=1S/C37H57NO6S/c1-13-43-36(40)21-32(26(10)11)37(27(12)22(2)3)29-16-14-15-17-34(29)44-45(41,42)38-35(39)20-33-30(24(6)7)18-28(23(4)5)19-31(33)25(8)9/h14-19,22-27,32,37H,13,20-21H2,1-12H3,(H,38,39). The number of carbonyl (C=O) groups is 2. The Morgan fingerprint density at radius 3 is 1.80 bits per heavy atom. The Bertz CT molecular complexity index is 1360. The first kappa shape index (κ1) is 38.3. The maximum absolute atomic E-state index is 13.4. The fraction of sp³-hybridized carbons (Fsp3) is 0.622. The predicted octanol–water partition coefficient (Wildman–Crippen LogP) is 8.64. The van der Waals surface area contributed by atoms with Crippen molar-refractivity contribution in [3.63, 3.8) is 0 Å². The van der Waals surface area contributed by atoms with Crippen molar-refractivity contribution in [3.8, 4) is 5.75 Å². The number of nitrogens with one attached hydrogen (secondary N) is 1. The van der Waals surface area contributed by atoms with Gasteiger partial charge in [-0.1, -0.05) is 106 Å². The lowest BCUT2D eigenvalue weighted by Gasteiger charge is -2.37. The molecule has 2 aromatic carbocycles. The lowest BCUT2D eigenvalue weighted by molar-refractivity contribution is -0.145. The third kappa shape index (κ3) is 10.6. The van der Waals surface area contributed by atoms with E-state index in [0.29, 0.717) is 18.1 Å². The topological polar surface area (TPSA) is 98.8 Å². The van der Waals surface area contributed by atoms with Gasteiger partial charge in [0.05, 0.1) is 13.0 Å². The van der Waals surface area contributed by atoms with Gasteiger partial charge in [-0.05, 0) is 88.2 Å². The SMILES string of the molecule is CCOC(=O)CC(C(C)C)C(c1ccccc1OS(=O)(=O)NC(=O)Cc1c(C(C)C)cc(C(C)C)cc1C(C)C)C(C)C(C)C. The van der Waals surface area contributed by atoms with E-state index in [1.807, 2.05) is 12.1 Å². The number of esters is 1. The number of ether oxygens (including phenoxy) is 1. The third-order valence-electron chi connectivity index (χ3n) is 8.95. The Morgan fingerprint density at radius 1 is 0.778 bits per heavy atom.